The molecule has 0 bridgehead atoms. The molecule has 23 heavy (non-hydrogen) atoms. The van der Waals surface area contributed by atoms with Crippen LogP contribution in [0, 0.1) is 0 Å². The Bertz CT molecular complexity index is 446. The fraction of sp³-hybridized carbons (Fsp3) is 0.933. The second-order valence-electron chi connectivity index (χ2n) is 5.86. The van der Waals surface area contributed by atoms with E-state index in [1.54, 1.807) is 14.2 Å². The Balaban J connectivity index is 2.22. The Labute approximate surface area is 140 Å². The van der Waals surface area contributed by atoms with Crippen molar-refractivity contribution in [3.05, 3.63) is 0 Å². The van der Waals surface area contributed by atoms with Crippen LogP contribution in [0.15, 0.2) is 4.99 Å². The first-order valence-corrected chi connectivity index (χ1v) is 10.3. The largest absolute Gasteiger partial charge is 0.385 e. The van der Waals surface area contributed by atoms with Crippen LogP contribution in [0.2, 0.25) is 0 Å². The van der Waals surface area contributed by atoms with Gasteiger partial charge in [0.15, 0.2) is 5.96 Å². The lowest BCUT2D eigenvalue weighted by Crippen LogP contribution is -2.47. The molecular formula is C15H31N3O4S. The van der Waals surface area contributed by atoms with Crippen LogP contribution in [0.5, 0.6) is 0 Å². The third-order valence-corrected chi connectivity index (χ3v) is 4.80. The van der Waals surface area contributed by atoms with E-state index in [4.69, 9.17) is 9.47 Å². The molecule has 0 atom stereocenters. The summed E-state index contributed by atoms with van der Waals surface area (Å²) in [5, 5.41) is 3.24. The van der Waals surface area contributed by atoms with Gasteiger partial charge in [0.05, 0.1) is 11.9 Å². The number of likely N-dealkylation sites (tertiary alicyclic amines) is 1. The van der Waals surface area contributed by atoms with E-state index in [9.17, 15) is 8.42 Å². The molecule has 0 saturated carbocycles. The summed E-state index contributed by atoms with van der Waals surface area (Å²) in [6, 6.07) is 0. The van der Waals surface area contributed by atoms with Gasteiger partial charge in [-0.3, -0.25) is 4.99 Å². The average Bonchev–Trinajstić information content (AvgIpc) is 2.51. The fourth-order valence-corrected chi connectivity index (χ4v) is 3.22. The van der Waals surface area contributed by atoms with Gasteiger partial charge in [-0.1, -0.05) is 0 Å². The number of hydrogen-bond acceptors (Lipinski definition) is 5. The predicted molar refractivity (Wildman–Crippen MR) is 92.7 cm³/mol. The van der Waals surface area contributed by atoms with Crippen LogP contribution in [-0.2, 0) is 19.3 Å². The van der Waals surface area contributed by atoms with E-state index >= 15 is 0 Å². The van der Waals surface area contributed by atoms with Crippen LogP contribution >= 0.6 is 0 Å². The quantitative estimate of drug-likeness (QED) is 0.371. The first kappa shape index (κ1) is 20.2. The van der Waals surface area contributed by atoms with E-state index in [0.717, 1.165) is 51.5 Å². The van der Waals surface area contributed by atoms with Crippen molar-refractivity contribution in [2.75, 3.05) is 59.0 Å². The second-order valence-corrected chi connectivity index (χ2v) is 8.12. The summed E-state index contributed by atoms with van der Waals surface area (Å²) in [7, 11) is 0.565. The first-order chi connectivity index (χ1) is 11.0. The third-order valence-electron chi connectivity index (χ3n) is 3.77. The number of nitrogens with one attached hydrogen (secondary N) is 1. The molecule has 0 aromatic heterocycles. The zero-order valence-corrected chi connectivity index (χ0v) is 15.4. The Morgan fingerprint density at radius 3 is 2.52 bits per heavy atom. The van der Waals surface area contributed by atoms with Crippen molar-refractivity contribution in [1.82, 2.24) is 10.2 Å². The molecule has 136 valence electrons. The summed E-state index contributed by atoms with van der Waals surface area (Å²) in [4.78, 5) is 6.49. The van der Waals surface area contributed by atoms with E-state index in [-0.39, 0.29) is 5.75 Å². The third kappa shape index (κ3) is 9.12. The number of aliphatic imine (C=N–C) groups is 1. The lowest BCUT2D eigenvalue weighted by Gasteiger charge is -2.34. The number of guanidine groups is 1. The van der Waals surface area contributed by atoms with Crippen LogP contribution in [0.25, 0.3) is 0 Å². The maximum atomic E-state index is 11.1. The van der Waals surface area contributed by atoms with Gasteiger partial charge in [-0.25, -0.2) is 8.42 Å². The highest BCUT2D eigenvalue weighted by Crippen LogP contribution is 2.14. The van der Waals surface area contributed by atoms with E-state index < -0.39 is 9.84 Å². The molecule has 1 fully saturated rings. The lowest BCUT2D eigenvalue weighted by atomic mass is 10.1. The number of piperidine rings is 1. The minimum atomic E-state index is -2.89. The van der Waals surface area contributed by atoms with Gasteiger partial charge in [-0.15, -0.1) is 0 Å². The summed E-state index contributed by atoms with van der Waals surface area (Å²) in [6.07, 6.45) is 5.07. The maximum absolute atomic E-state index is 11.1. The van der Waals surface area contributed by atoms with Crippen molar-refractivity contribution < 1.29 is 17.9 Å². The Morgan fingerprint density at radius 2 is 1.96 bits per heavy atom. The standard InChI is InChI=1S/C15H31N3O4S/c1-16-15(17-8-4-13-23(3,19)20)18-9-6-14(7-10-18)22-12-5-11-21-2/h14H,4-13H2,1-3H3,(H,16,17). The molecule has 1 N–H and O–H groups in total. The molecular weight excluding hydrogens is 318 g/mol. The molecule has 0 unspecified atom stereocenters. The van der Waals surface area contributed by atoms with Gasteiger partial charge in [-0.2, -0.15) is 0 Å². The highest BCUT2D eigenvalue weighted by Gasteiger charge is 2.21. The van der Waals surface area contributed by atoms with Gasteiger partial charge >= 0.3 is 0 Å². The van der Waals surface area contributed by atoms with Crippen molar-refractivity contribution in [2.24, 2.45) is 4.99 Å². The van der Waals surface area contributed by atoms with Crippen LogP contribution in [0.4, 0.5) is 0 Å². The van der Waals surface area contributed by atoms with Crippen LogP contribution in [-0.4, -0.2) is 84.4 Å². The average molecular weight is 349 g/mol. The maximum Gasteiger partial charge on any atom is 0.193 e. The Kier molecular flexibility index (Phi) is 9.50. The molecule has 0 aliphatic carbocycles. The number of rotatable bonds is 9. The van der Waals surface area contributed by atoms with Crippen LogP contribution < -0.4 is 5.32 Å². The Hall–Kier alpha value is -0.860. The summed E-state index contributed by atoms with van der Waals surface area (Å²) >= 11 is 0. The van der Waals surface area contributed by atoms with Gasteiger partial charge in [0.2, 0.25) is 0 Å². The number of sulfone groups is 1. The first-order valence-electron chi connectivity index (χ1n) is 8.20. The number of hydrogen-bond donors (Lipinski definition) is 1. The SMILES string of the molecule is CN=C(NCCCS(C)(=O)=O)N1CCC(OCCCOC)CC1. The molecule has 0 aromatic rings. The zero-order chi connectivity index (χ0) is 17.1. The molecule has 1 aliphatic heterocycles. The topological polar surface area (TPSA) is 80.2 Å². The number of ether oxygens (including phenoxy) is 2. The number of methoxy groups -OCH3 is 1. The predicted octanol–water partition coefficient (Wildman–Crippen LogP) is 0.514. The van der Waals surface area contributed by atoms with Crippen LogP contribution in [0.3, 0.4) is 0 Å². The van der Waals surface area contributed by atoms with Crippen molar-refractivity contribution in [3.8, 4) is 0 Å². The molecule has 0 radical (unpaired) electrons. The van der Waals surface area contributed by atoms with Crippen molar-refractivity contribution in [2.45, 2.75) is 31.8 Å². The molecule has 8 heteroatoms. The molecule has 1 saturated heterocycles. The summed E-state index contributed by atoms with van der Waals surface area (Å²) in [5.74, 6) is 1.05. The highest BCUT2D eigenvalue weighted by molar-refractivity contribution is 7.90. The molecule has 0 aromatic carbocycles. The molecule has 0 spiro atoms. The number of nitrogens with zero attached hydrogens (tertiary/aromatic N) is 2. The molecule has 7 nitrogen and oxygen atoms in total. The fourth-order valence-electron chi connectivity index (χ4n) is 2.55. The molecule has 1 rings (SSSR count). The van der Waals surface area contributed by atoms with Gasteiger partial charge in [0.25, 0.3) is 0 Å². The van der Waals surface area contributed by atoms with E-state index in [0.29, 0.717) is 19.1 Å². The zero-order valence-electron chi connectivity index (χ0n) is 14.6. The van der Waals surface area contributed by atoms with Crippen LogP contribution in [0.1, 0.15) is 25.7 Å². The van der Waals surface area contributed by atoms with E-state index in [1.807, 2.05) is 0 Å². The lowest BCUT2D eigenvalue weighted by molar-refractivity contribution is 0.00991. The van der Waals surface area contributed by atoms with E-state index in [1.165, 1.54) is 6.26 Å². The van der Waals surface area contributed by atoms with Gasteiger partial charge < -0.3 is 19.7 Å². The smallest absolute Gasteiger partial charge is 0.193 e. The second kappa shape index (κ2) is 10.8. The molecule has 1 aliphatic rings. The summed E-state index contributed by atoms with van der Waals surface area (Å²) in [5.41, 5.74) is 0. The highest BCUT2D eigenvalue weighted by atomic mass is 32.2. The van der Waals surface area contributed by atoms with E-state index in [2.05, 4.69) is 15.2 Å². The van der Waals surface area contributed by atoms with Gasteiger partial charge in [0, 0.05) is 53.3 Å². The molecule has 0 amide bonds. The Morgan fingerprint density at radius 1 is 1.26 bits per heavy atom. The summed E-state index contributed by atoms with van der Waals surface area (Å²) < 4.78 is 33.1. The van der Waals surface area contributed by atoms with Gasteiger partial charge in [-0.05, 0) is 25.7 Å². The monoisotopic (exact) mass is 349 g/mol. The van der Waals surface area contributed by atoms with Crippen molar-refractivity contribution in [1.29, 1.82) is 0 Å². The van der Waals surface area contributed by atoms with Crippen molar-refractivity contribution >= 4 is 15.8 Å². The summed E-state index contributed by atoms with van der Waals surface area (Å²) in [6.45, 7) is 3.91. The van der Waals surface area contributed by atoms with Gasteiger partial charge in [0.1, 0.15) is 9.84 Å². The normalized spacial score (nSPS) is 17.5. The minimum Gasteiger partial charge on any atom is -0.385 e. The molecule has 1 heterocycles. The van der Waals surface area contributed by atoms with Crippen molar-refractivity contribution in [3.63, 3.8) is 0 Å². The minimum absolute atomic E-state index is 0.203.